The van der Waals surface area contributed by atoms with E-state index in [1.54, 1.807) is 6.20 Å². The number of aromatic nitrogens is 1. The van der Waals surface area contributed by atoms with Gasteiger partial charge in [0.25, 0.3) is 0 Å². The minimum absolute atomic E-state index is 0.670. The molecule has 0 saturated heterocycles. The monoisotopic (exact) mass is 628 g/mol. The van der Waals surface area contributed by atoms with E-state index in [4.69, 9.17) is 8.83 Å². The molecule has 0 aliphatic rings. The van der Waals surface area contributed by atoms with Crippen LogP contribution < -0.4 is 4.90 Å². The SMILES string of the molecule is c1ccc(-c2ccc(N(c3ccc(-c4ccc5c(ccc6c7cccnc7oc56)c4)cc3)c3ccc4c(c3)oc3ccccc34)cc2)cc1. The number of hydrogen-bond donors (Lipinski definition) is 0. The molecule has 3 aromatic heterocycles. The first kappa shape index (κ1) is 27.5. The van der Waals surface area contributed by atoms with Crippen LogP contribution in [0.4, 0.5) is 17.1 Å². The molecule has 4 heteroatoms. The van der Waals surface area contributed by atoms with E-state index in [9.17, 15) is 0 Å². The zero-order chi connectivity index (χ0) is 32.3. The van der Waals surface area contributed by atoms with Crippen LogP contribution in [0.15, 0.2) is 179 Å². The lowest BCUT2D eigenvalue weighted by Gasteiger charge is -2.26. The Kier molecular flexibility index (Phi) is 6.15. The average Bonchev–Trinajstić information content (AvgIpc) is 3.74. The maximum Gasteiger partial charge on any atom is 0.227 e. The van der Waals surface area contributed by atoms with Crippen LogP contribution in [0.25, 0.3) is 77.0 Å². The summed E-state index contributed by atoms with van der Waals surface area (Å²) in [6, 6.07) is 57.6. The van der Waals surface area contributed by atoms with Gasteiger partial charge < -0.3 is 13.7 Å². The summed E-state index contributed by atoms with van der Waals surface area (Å²) in [6.45, 7) is 0. The molecule has 49 heavy (non-hydrogen) atoms. The van der Waals surface area contributed by atoms with Crippen LogP contribution >= 0.6 is 0 Å². The van der Waals surface area contributed by atoms with Crippen LogP contribution in [-0.4, -0.2) is 4.98 Å². The van der Waals surface area contributed by atoms with Crippen molar-refractivity contribution in [2.45, 2.75) is 0 Å². The topological polar surface area (TPSA) is 42.4 Å². The second kappa shape index (κ2) is 11.0. The van der Waals surface area contributed by atoms with Crippen LogP contribution in [-0.2, 0) is 0 Å². The largest absolute Gasteiger partial charge is 0.456 e. The number of anilines is 3. The Morgan fingerprint density at radius 1 is 0.388 bits per heavy atom. The Morgan fingerprint density at radius 2 is 1.00 bits per heavy atom. The van der Waals surface area contributed by atoms with Gasteiger partial charge >= 0.3 is 0 Å². The molecule has 0 unspecified atom stereocenters. The van der Waals surface area contributed by atoms with E-state index in [-0.39, 0.29) is 0 Å². The molecule has 0 aliphatic carbocycles. The highest BCUT2D eigenvalue weighted by Crippen LogP contribution is 2.40. The van der Waals surface area contributed by atoms with E-state index < -0.39 is 0 Å². The van der Waals surface area contributed by atoms with Crippen LogP contribution in [0, 0.1) is 0 Å². The fourth-order valence-corrected chi connectivity index (χ4v) is 7.11. The first-order chi connectivity index (χ1) is 24.3. The Hall–Kier alpha value is -6.65. The Morgan fingerprint density at radius 3 is 1.82 bits per heavy atom. The molecule has 10 aromatic rings. The lowest BCUT2D eigenvalue weighted by Crippen LogP contribution is -2.09. The molecule has 0 spiro atoms. The lowest BCUT2D eigenvalue weighted by molar-refractivity contribution is 0.657. The number of benzene rings is 7. The summed E-state index contributed by atoms with van der Waals surface area (Å²) >= 11 is 0. The van der Waals surface area contributed by atoms with E-state index in [0.717, 1.165) is 77.3 Å². The first-order valence-electron chi connectivity index (χ1n) is 16.4. The van der Waals surface area contributed by atoms with Crippen molar-refractivity contribution in [3.8, 4) is 22.3 Å². The molecular weight excluding hydrogens is 601 g/mol. The smallest absolute Gasteiger partial charge is 0.227 e. The third-order valence-electron chi connectivity index (χ3n) is 9.54. The van der Waals surface area contributed by atoms with Crippen molar-refractivity contribution in [1.82, 2.24) is 4.98 Å². The normalized spacial score (nSPS) is 11.7. The summed E-state index contributed by atoms with van der Waals surface area (Å²) < 4.78 is 12.5. The second-order valence-corrected chi connectivity index (χ2v) is 12.4. The minimum atomic E-state index is 0.670. The molecule has 0 N–H and O–H groups in total. The zero-order valence-corrected chi connectivity index (χ0v) is 26.4. The van der Waals surface area contributed by atoms with E-state index in [0.29, 0.717) is 5.71 Å². The van der Waals surface area contributed by atoms with Crippen molar-refractivity contribution in [3.63, 3.8) is 0 Å². The van der Waals surface area contributed by atoms with E-state index in [1.165, 1.54) is 11.1 Å². The van der Waals surface area contributed by atoms with Gasteiger partial charge in [-0.3, -0.25) is 0 Å². The van der Waals surface area contributed by atoms with Crippen molar-refractivity contribution >= 4 is 71.8 Å². The molecule has 0 radical (unpaired) electrons. The van der Waals surface area contributed by atoms with Gasteiger partial charge in [-0.05, 0) is 100 Å². The first-order valence-corrected chi connectivity index (χ1v) is 16.4. The second-order valence-electron chi connectivity index (χ2n) is 12.4. The molecule has 7 aromatic carbocycles. The molecule has 0 fully saturated rings. The molecule has 4 nitrogen and oxygen atoms in total. The van der Waals surface area contributed by atoms with Crippen LogP contribution in [0.5, 0.6) is 0 Å². The highest BCUT2D eigenvalue weighted by Gasteiger charge is 2.17. The highest BCUT2D eigenvalue weighted by molar-refractivity contribution is 6.14. The average molecular weight is 629 g/mol. The van der Waals surface area contributed by atoms with Crippen LogP contribution in [0.1, 0.15) is 0 Å². The molecule has 3 heterocycles. The van der Waals surface area contributed by atoms with Gasteiger partial charge in [-0.2, -0.15) is 0 Å². The molecule has 0 bridgehead atoms. The van der Waals surface area contributed by atoms with E-state index in [2.05, 4.69) is 149 Å². The number of nitrogens with zero attached hydrogens (tertiary/aromatic N) is 2. The van der Waals surface area contributed by atoms with Gasteiger partial charge in [-0.25, -0.2) is 4.98 Å². The van der Waals surface area contributed by atoms with Gasteiger partial charge in [-0.15, -0.1) is 0 Å². The van der Waals surface area contributed by atoms with E-state index in [1.807, 2.05) is 24.3 Å². The summed E-state index contributed by atoms with van der Waals surface area (Å²) in [6.07, 6.45) is 1.77. The lowest BCUT2D eigenvalue weighted by atomic mass is 9.99. The van der Waals surface area contributed by atoms with Gasteiger partial charge in [-0.1, -0.05) is 84.9 Å². The van der Waals surface area contributed by atoms with Gasteiger partial charge in [0.15, 0.2) is 0 Å². The summed E-state index contributed by atoms with van der Waals surface area (Å²) in [5, 5.41) is 6.58. The van der Waals surface area contributed by atoms with Gasteiger partial charge in [0.2, 0.25) is 5.71 Å². The van der Waals surface area contributed by atoms with Crippen molar-refractivity contribution in [2.75, 3.05) is 4.90 Å². The Bertz CT molecular complexity index is 2810. The Balaban J connectivity index is 1.05. The molecule has 0 aliphatic heterocycles. The number of hydrogen-bond acceptors (Lipinski definition) is 4. The number of para-hydroxylation sites is 1. The quantitative estimate of drug-likeness (QED) is 0.190. The Labute approximate surface area is 282 Å². The molecule has 0 atom stereocenters. The minimum Gasteiger partial charge on any atom is -0.456 e. The molecule has 230 valence electrons. The van der Waals surface area contributed by atoms with Crippen LogP contribution in [0.2, 0.25) is 0 Å². The number of rotatable bonds is 5. The standard InChI is InChI=1S/C45H28N2O2/c1-2-7-29(8-3-1)30-12-18-34(19-13-30)47(36-22-25-39-38-9-4-5-11-42(38)48-43(39)28-36)35-20-14-31(15-21-35)32-16-23-37-33(27-32)17-24-40-41-10-6-26-46-45(41)49-44(37)40/h1-28H. The number of furan rings is 2. The maximum atomic E-state index is 6.31. The van der Waals surface area contributed by atoms with Crippen LogP contribution in [0.3, 0.4) is 0 Å². The summed E-state index contributed by atoms with van der Waals surface area (Å²) in [5.41, 5.74) is 11.1. The molecular formula is C45H28N2O2. The molecule has 10 rings (SSSR count). The molecule has 0 amide bonds. The van der Waals surface area contributed by atoms with Crippen molar-refractivity contribution in [1.29, 1.82) is 0 Å². The number of pyridine rings is 1. The fourth-order valence-electron chi connectivity index (χ4n) is 7.11. The third-order valence-corrected chi connectivity index (χ3v) is 9.54. The predicted molar refractivity (Wildman–Crippen MR) is 202 cm³/mol. The summed E-state index contributed by atoms with van der Waals surface area (Å²) in [7, 11) is 0. The van der Waals surface area contributed by atoms with Gasteiger partial charge in [0, 0.05) is 56.3 Å². The molecule has 0 saturated carbocycles. The van der Waals surface area contributed by atoms with E-state index >= 15 is 0 Å². The van der Waals surface area contributed by atoms with Crippen molar-refractivity contribution < 1.29 is 8.83 Å². The summed E-state index contributed by atoms with van der Waals surface area (Å²) in [5.74, 6) is 0. The van der Waals surface area contributed by atoms with Gasteiger partial charge in [0.05, 0.1) is 0 Å². The van der Waals surface area contributed by atoms with Crippen molar-refractivity contribution in [3.05, 3.63) is 170 Å². The predicted octanol–water partition coefficient (Wildman–Crippen LogP) is 12.8. The van der Waals surface area contributed by atoms with Crippen molar-refractivity contribution in [2.24, 2.45) is 0 Å². The zero-order valence-electron chi connectivity index (χ0n) is 26.4. The maximum absolute atomic E-state index is 6.31. The van der Waals surface area contributed by atoms with Gasteiger partial charge in [0.1, 0.15) is 16.7 Å². The number of fused-ring (bicyclic) bond motifs is 8. The highest BCUT2D eigenvalue weighted by atomic mass is 16.3. The summed E-state index contributed by atoms with van der Waals surface area (Å²) in [4.78, 5) is 6.71. The third kappa shape index (κ3) is 4.57. The fraction of sp³-hybridized carbons (Fsp3) is 0.